The number of hydrogen-bond donors (Lipinski definition) is 1. The zero-order chi connectivity index (χ0) is 12.8. The molecule has 0 aliphatic heterocycles. The summed E-state index contributed by atoms with van der Waals surface area (Å²) in [6.45, 7) is 3.70. The minimum atomic E-state index is -0.597. The van der Waals surface area contributed by atoms with Gasteiger partial charge in [0.15, 0.2) is 0 Å². The van der Waals surface area contributed by atoms with E-state index in [1.165, 1.54) is 7.11 Å². The second kappa shape index (κ2) is 6.18. The molecule has 0 heterocycles. The third-order valence-corrected chi connectivity index (χ3v) is 2.54. The molecule has 4 heteroatoms. The lowest BCUT2D eigenvalue weighted by Gasteiger charge is -2.18. The Morgan fingerprint density at radius 3 is 2.94 bits per heavy atom. The fourth-order valence-electron chi connectivity index (χ4n) is 1.51. The van der Waals surface area contributed by atoms with Gasteiger partial charge in [0.1, 0.15) is 0 Å². The molecule has 1 amide bonds. The van der Waals surface area contributed by atoms with Gasteiger partial charge in [-0.25, -0.2) is 5.06 Å². The molecule has 1 aromatic rings. The Hall–Kier alpha value is -1.65. The van der Waals surface area contributed by atoms with Crippen molar-refractivity contribution in [2.75, 3.05) is 14.2 Å². The molecule has 1 rings (SSSR count). The topological polar surface area (TPSA) is 55.6 Å². The number of nitrogens with two attached hydrogens (primary N) is 1. The maximum atomic E-state index is 11.7. The summed E-state index contributed by atoms with van der Waals surface area (Å²) in [4.78, 5) is 16.5. The van der Waals surface area contributed by atoms with Crippen LogP contribution >= 0.6 is 0 Å². The van der Waals surface area contributed by atoms with Crippen molar-refractivity contribution >= 4 is 12.0 Å². The van der Waals surface area contributed by atoms with Gasteiger partial charge in [0.2, 0.25) is 0 Å². The van der Waals surface area contributed by atoms with Gasteiger partial charge >= 0.3 is 0 Å². The summed E-state index contributed by atoms with van der Waals surface area (Å²) in [6.07, 6.45) is 2.24. The van der Waals surface area contributed by atoms with Crippen molar-refractivity contribution in [3.05, 3.63) is 42.0 Å². The molecule has 0 aliphatic rings. The van der Waals surface area contributed by atoms with E-state index in [1.54, 1.807) is 13.1 Å². The van der Waals surface area contributed by atoms with Gasteiger partial charge in [-0.15, -0.1) is 0 Å². The average Bonchev–Trinajstić information content (AvgIpc) is 2.37. The number of benzene rings is 1. The zero-order valence-corrected chi connectivity index (χ0v) is 10.2. The molecule has 0 aliphatic carbocycles. The number of carbonyl (C=O) groups is 1. The highest BCUT2D eigenvalue weighted by molar-refractivity contribution is 5.80. The smallest absolute Gasteiger partial charge is 0.263 e. The van der Waals surface area contributed by atoms with Gasteiger partial charge in [0.05, 0.1) is 13.2 Å². The minimum absolute atomic E-state index is 0.239. The molecule has 17 heavy (non-hydrogen) atoms. The standard InChI is InChI=1S/C13H18N2O2/c1-4-10-6-5-7-11(8-10)9-12(14)13(16)15(2)17-3/h4-8,12H,1,9,14H2,2-3H3/t12-/m0/s1. The fraction of sp³-hybridized carbons (Fsp3) is 0.308. The van der Waals surface area contributed by atoms with Crippen LogP contribution in [-0.2, 0) is 16.1 Å². The van der Waals surface area contributed by atoms with Crippen molar-refractivity contribution in [3.63, 3.8) is 0 Å². The molecule has 0 saturated carbocycles. The third kappa shape index (κ3) is 3.69. The molecule has 92 valence electrons. The Kier molecular flexibility index (Phi) is 4.87. The molecular weight excluding hydrogens is 216 g/mol. The average molecular weight is 234 g/mol. The van der Waals surface area contributed by atoms with E-state index in [0.29, 0.717) is 6.42 Å². The number of carbonyl (C=O) groups excluding carboxylic acids is 1. The van der Waals surface area contributed by atoms with E-state index in [9.17, 15) is 4.79 Å². The minimum Gasteiger partial charge on any atom is -0.320 e. The molecule has 1 atom stereocenters. The van der Waals surface area contributed by atoms with Crippen LogP contribution in [0.25, 0.3) is 6.08 Å². The van der Waals surface area contributed by atoms with E-state index in [2.05, 4.69) is 6.58 Å². The Morgan fingerprint density at radius 1 is 1.65 bits per heavy atom. The molecule has 0 radical (unpaired) electrons. The van der Waals surface area contributed by atoms with Crippen LogP contribution < -0.4 is 5.73 Å². The number of likely N-dealkylation sites (N-methyl/N-ethyl adjacent to an activating group) is 1. The molecule has 2 N–H and O–H groups in total. The van der Waals surface area contributed by atoms with Crippen LogP contribution in [0.1, 0.15) is 11.1 Å². The molecule has 0 bridgehead atoms. The Morgan fingerprint density at radius 2 is 2.35 bits per heavy atom. The van der Waals surface area contributed by atoms with Crippen LogP contribution in [0, 0.1) is 0 Å². The first-order valence-electron chi connectivity index (χ1n) is 5.37. The molecule has 0 saturated heterocycles. The van der Waals surface area contributed by atoms with Crippen LogP contribution in [0.3, 0.4) is 0 Å². The van der Waals surface area contributed by atoms with Crippen molar-refractivity contribution in [3.8, 4) is 0 Å². The predicted molar refractivity (Wildman–Crippen MR) is 68.0 cm³/mol. The molecule has 4 nitrogen and oxygen atoms in total. The van der Waals surface area contributed by atoms with Gasteiger partial charge in [-0.3, -0.25) is 9.63 Å². The molecule has 0 unspecified atom stereocenters. The monoisotopic (exact) mass is 234 g/mol. The Labute approximate surface area is 102 Å². The SMILES string of the molecule is C=Cc1cccc(C[C@H](N)C(=O)N(C)OC)c1. The third-order valence-electron chi connectivity index (χ3n) is 2.54. The predicted octanol–water partition coefficient (Wildman–Crippen LogP) is 1.22. The van der Waals surface area contributed by atoms with Crippen molar-refractivity contribution in [1.29, 1.82) is 0 Å². The summed E-state index contributed by atoms with van der Waals surface area (Å²) < 4.78 is 0. The summed E-state index contributed by atoms with van der Waals surface area (Å²) in [5, 5.41) is 1.14. The first kappa shape index (κ1) is 13.4. The van der Waals surface area contributed by atoms with Gasteiger partial charge in [-0.2, -0.15) is 0 Å². The summed E-state index contributed by atoms with van der Waals surface area (Å²) in [5.74, 6) is -0.239. The van der Waals surface area contributed by atoms with Crippen LogP contribution in [0.5, 0.6) is 0 Å². The van der Waals surface area contributed by atoms with Crippen molar-refractivity contribution in [2.24, 2.45) is 5.73 Å². The number of amides is 1. The molecule has 0 aromatic heterocycles. The molecule has 0 spiro atoms. The highest BCUT2D eigenvalue weighted by atomic mass is 16.7. The lowest BCUT2D eigenvalue weighted by molar-refractivity contribution is -0.170. The first-order valence-corrected chi connectivity index (χ1v) is 5.37. The maximum Gasteiger partial charge on any atom is 0.263 e. The van der Waals surface area contributed by atoms with Crippen LogP contribution in [-0.4, -0.2) is 31.2 Å². The maximum absolute atomic E-state index is 11.7. The van der Waals surface area contributed by atoms with Gasteiger partial charge in [-0.1, -0.05) is 36.9 Å². The largest absolute Gasteiger partial charge is 0.320 e. The summed E-state index contributed by atoms with van der Waals surface area (Å²) in [5.41, 5.74) is 7.84. The summed E-state index contributed by atoms with van der Waals surface area (Å²) in [6, 6.07) is 7.18. The van der Waals surface area contributed by atoms with Crippen LogP contribution in [0.15, 0.2) is 30.8 Å². The van der Waals surface area contributed by atoms with E-state index in [1.807, 2.05) is 24.3 Å². The lowest BCUT2D eigenvalue weighted by Crippen LogP contribution is -2.42. The number of hydroxylamine groups is 2. The van der Waals surface area contributed by atoms with E-state index in [0.717, 1.165) is 16.2 Å². The van der Waals surface area contributed by atoms with E-state index >= 15 is 0 Å². The van der Waals surface area contributed by atoms with E-state index < -0.39 is 6.04 Å². The van der Waals surface area contributed by atoms with Gasteiger partial charge < -0.3 is 5.73 Å². The Balaban J connectivity index is 2.70. The highest BCUT2D eigenvalue weighted by Gasteiger charge is 2.18. The van der Waals surface area contributed by atoms with Crippen molar-refractivity contribution in [2.45, 2.75) is 12.5 Å². The van der Waals surface area contributed by atoms with Gasteiger partial charge in [0, 0.05) is 7.05 Å². The Bertz CT molecular complexity index is 404. The zero-order valence-electron chi connectivity index (χ0n) is 10.2. The molecular formula is C13H18N2O2. The first-order chi connectivity index (χ1) is 8.08. The normalized spacial score (nSPS) is 11.9. The summed E-state index contributed by atoms with van der Waals surface area (Å²) in [7, 11) is 2.98. The van der Waals surface area contributed by atoms with Crippen molar-refractivity contribution < 1.29 is 9.63 Å². The second-order valence-corrected chi connectivity index (χ2v) is 3.78. The second-order valence-electron chi connectivity index (χ2n) is 3.78. The highest BCUT2D eigenvalue weighted by Crippen LogP contribution is 2.09. The fourth-order valence-corrected chi connectivity index (χ4v) is 1.51. The number of hydrogen-bond acceptors (Lipinski definition) is 3. The van der Waals surface area contributed by atoms with Gasteiger partial charge in [0.25, 0.3) is 5.91 Å². The lowest BCUT2D eigenvalue weighted by atomic mass is 10.0. The van der Waals surface area contributed by atoms with Crippen LogP contribution in [0.4, 0.5) is 0 Å². The van der Waals surface area contributed by atoms with Crippen molar-refractivity contribution in [1.82, 2.24) is 5.06 Å². The summed E-state index contributed by atoms with van der Waals surface area (Å²) >= 11 is 0. The van der Waals surface area contributed by atoms with Crippen LogP contribution in [0.2, 0.25) is 0 Å². The number of nitrogens with zero attached hydrogens (tertiary/aromatic N) is 1. The quantitative estimate of drug-likeness (QED) is 0.779. The van der Waals surface area contributed by atoms with E-state index in [4.69, 9.17) is 10.6 Å². The number of rotatable bonds is 5. The molecule has 0 fully saturated rings. The molecule has 1 aromatic carbocycles. The van der Waals surface area contributed by atoms with E-state index in [-0.39, 0.29) is 5.91 Å². The van der Waals surface area contributed by atoms with Gasteiger partial charge in [-0.05, 0) is 17.5 Å².